The van der Waals surface area contributed by atoms with Gasteiger partial charge in [0.2, 0.25) is 0 Å². The van der Waals surface area contributed by atoms with Crippen LogP contribution in [-0.4, -0.2) is 11.4 Å². The molecule has 12 heavy (non-hydrogen) atoms. The molecule has 0 bridgehead atoms. The molecule has 2 N–H and O–H groups in total. The van der Waals surface area contributed by atoms with E-state index in [0.717, 1.165) is 0 Å². The Labute approximate surface area is 75.7 Å². The van der Waals surface area contributed by atoms with Crippen molar-refractivity contribution in [1.29, 1.82) is 0 Å². The van der Waals surface area contributed by atoms with Crippen LogP contribution in [0.3, 0.4) is 0 Å². The molecule has 0 aliphatic heterocycles. The van der Waals surface area contributed by atoms with Gasteiger partial charge in [0.15, 0.2) is 6.21 Å². The van der Waals surface area contributed by atoms with E-state index in [2.05, 4.69) is 22.4 Å². The lowest BCUT2D eigenvalue weighted by Crippen LogP contribution is -2.68. The van der Waals surface area contributed by atoms with Crippen molar-refractivity contribution in [2.24, 2.45) is 4.99 Å². The first-order chi connectivity index (χ1) is 5.41. The number of halogens is 1. The fourth-order valence-corrected chi connectivity index (χ4v) is 0.184. The van der Waals surface area contributed by atoms with E-state index in [-0.39, 0.29) is 0 Å². The number of aliphatic imine (C=N–C) groups is 1. The third-order valence-electron chi connectivity index (χ3n) is 0.324. The highest BCUT2D eigenvalue weighted by Crippen LogP contribution is 1.63. The molecule has 0 aromatic rings. The average molecular weight is 213 g/mol. The molecule has 0 spiro atoms. The Hall–Kier alpha value is -0.660. The first kappa shape index (κ1) is 13.9. The summed E-state index contributed by atoms with van der Waals surface area (Å²) in [4.78, 5) is 3.43. The standard InChI is InChI=1S/C4H4N2S.ClHO4/c5-2-1-3-6-4-7;2-1(3,4)5/h1-3,5H;(H,2,3,4,5). The molecule has 0 saturated heterocycles. The highest BCUT2D eigenvalue weighted by Gasteiger charge is 1.84. The number of hydrogen-bond acceptors (Lipinski definition) is 6. The average Bonchev–Trinajstić information content (AvgIpc) is 1.85. The summed E-state index contributed by atoms with van der Waals surface area (Å²) in [5.74, 6) is 0. The zero-order chi connectivity index (χ0) is 10.0. The van der Waals surface area contributed by atoms with Gasteiger partial charge in [-0.2, -0.15) is 0 Å². The second-order valence-corrected chi connectivity index (χ2v) is 2.07. The van der Waals surface area contributed by atoms with Gasteiger partial charge >= 0.3 is 0 Å². The van der Waals surface area contributed by atoms with Crippen LogP contribution in [0.2, 0.25) is 0 Å². The fourth-order valence-electron chi connectivity index (χ4n) is 0.123. The van der Waals surface area contributed by atoms with Gasteiger partial charge in [0.05, 0.1) is 5.16 Å². The van der Waals surface area contributed by atoms with E-state index in [1.165, 1.54) is 12.4 Å². The maximum atomic E-state index is 8.49. The van der Waals surface area contributed by atoms with Gasteiger partial charge < -0.3 is 0 Å². The van der Waals surface area contributed by atoms with Gasteiger partial charge in [0, 0.05) is 12.3 Å². The summed E-state index contributed by atoms with van der Waals surface area (Å²) in [6.07, 6.45) is 4.41. The Morgan fingerprint density at radius 1 is 1.33 bits per heavy atom. The lowest BCUT2D eigenvalue weighted by Gasteiger charge is -2.17. The van der Waals surface area contributed by atoms with Crippen molar-refractivity contribution in [2.45, 2.75) is 0 Å². The minimum atomic E-state index is -4.94. The second-order valence-electron chi connectivity index (χ2n) is 1.13. The molecule has 0 aliphatic rings. The fraction of sp³-hybridized carbons (Fsp3) is 0. The van der Waals surface area contributed by atoms with Crippen molar-refractivity contribution in [1.82, 2.24) is 0 Å². The first-order valence-electron chi connectivity index (χ1n) is 2.30. The molecule has 0 amide bonds. The highest BCUT2D eigenvalue weighted by atomic mass is 35.7. The molecule has 8 heteroatoms. The van der Waals surface area contributed by atoms with Gasteiger partial charge in [-0.25, -0.2) is 23.6 Å². The van der Waals surface area contributed by atoms with E-state index in [1.54, 1.807) is 6.08 Å². The van der Waals surface area contributed by atoms with E-state index in [0.29, 0.717) is 0 Å². The van der Waals surface area contributed by atoms with Crippen molar-refractivity contribution >= 4 is 23.6 Å². The molecule has 0 atom stereocenters. The van der Waals surface area contributed by atoms with Crippen molar-refractivity contribution in [3.8, 4) is 0 Å². The smallest absolute Gasteiger partial charge is 0.161 e. The number of nitrogens with two attached hydrogens (primary N) is 1. The van der Waals surface area contributed by atoms with E-state index in [4.69, 9.17) is 24.0 Å². The molecule has 0 fully saturated rings. The van der Waals surface area contributed by atoms with Crippen molar-refractivity contribution < 1.29 is 34.3 Å². The molecule has 0 aromatic carbocycles. The summed E-state index contributed by atoms with van der Waals surface area (Å²) < 4.78 is 34.0. The largest absolute Gasteiger partial charge is 0.260 e. The molecule has 0 unspecified atom stereocenters. The van der Waals surface area contributed by atoms with Gasteiger partial charge in [-0.15, -0.1) is 10.2 Å². The van der Waals surface area contributed by atoms with Crippen LogP contribution in [0.1, 0.15) is 0 Å². The molecule has 0 radical (unpaired) electrons. The number of nitrogens with zero attached hydrogens (tertiary/aromatic N) is 1. The maximum Gasteiger partial charge on any atom is 0.161 e. The molecule has 0 aliphatic carbocycles. The Bertz CT molecular complexity index is 190. The third kappa shape index (κ3) is 58.2. The zero-order valence-electron chi connectivity index (χ0n) is 5.68. The van der Waals surface area contributed by atoms with Crippen molar-refractivity contribution in [3.05, 3.63) is 12.3 Å². The summed E-state index contributed by atoms with van der Waals surface area (Å²) >= 11 is 4.24. The van der Waals surface area contributed by atoms with Gasteiger partial charge in [0.25, 0.3) is 0 Å². The van der Waals surface area contributed by atoms with Gasteiger partial charge in [-0.1, -0.05) is 0 Å². The van der Waals surface area contributed by atoms with Crippen LogP contribution in [-0.2, 0) is 0 Å². The number of isothiocyanates is 1. The van der Waals surface area contributed by atoms with Gasteiger partial charge in [-0.05, 0) is 12.2 Å². The van der Waals surface area contributed by atoms with Crippen LogP contribution in [0, 0.1) is 10.2 Å². The van der Waals surface area contributed by atoms with Crippen LogP contribution in [0.15, 0.2) is 17.3 Å². The molecular weight excluding hydrogens is 208 g/mol. The molecule has 0 saturated carbocycles. The lowest BCUT2D eigenvalue weighted by molar-refractivity contribution is -2.00. The predicted octanol–water partition coefficient (Wildman–Crippen LogP) is -5.32. The van der Waals surface area contributed by atoms with Gasteiger partial charge in [0.1, 0.15) is 0 Å². The summed E-state index contributed by atoms with van der Waals surface area (Å²) in [5, 5.41) is 7.08. The summed E-state index contributed by atoms with van der Waals surface area (Å²) in [7, 11) is -4.94. The summed E-state index contributed by atoms with van der Waals surface area (Å²) in [6, 6.07) is 0. The molecular formula is C4H5ClN2O4S. The van der Waals surface area contributed by atoms with E-state index in [1.807, 2.05) is 0 Å². The van der Waals surface area contributed by atoms with E-state index in [9.17, 15) is 0 Å². The molecule has 0 aromatic heterocycles. The van der Waals surface area contributed by atoms with Crippen LogP contribution in [0.4, 0.5) is 0 Å². The first-order valence-corrected chi connectivity index (χ1v) is 3.95. The van der Waals surface area contributed by atoms with E-state index >= 15 is 0 Å². The molecule has 6 nitrogen and oxygen atoms in total. The van der Waals surface area contributed by atoms with Crippen LogP contribution >= 0.6 is 12.2 Å². The summed E-state index contributed by atoms with van der Waals surface area (Å²) in [5.41, 5.74) is 0. The van der Waals surface area contributed by atoms with Gasteiger partial charge in [-0.3, -0.25) is 5.41 Å². The quantitative estimate of drug-likeness (QED) is 0.361. The minimum absolute atomic E-state index is 1.37. The van der Waals surface area contributed by atoms with Crippen LogP contribution < -0.4 is 24.0 Å². The number of allylic oxidation sites excluding steroid dienone is 1. The Balaban J connectivity index is 0. The zero-order valence-corrected chi connectivity index (χ0v) is 7.25. The topological polar surface area (TPSA) is 130 Å². The molecule has 0 heterocycles. The normalized spacial score (nSPS) is 9.67. The van der Waals surface area contributed by atoms with Crippen LogP contribution in [0.5, 0.6) is 0 Å². The third-order valence-corrected chi connectivity index (χ3v) is 0.430. The second kappa shape index (κ2) is 8.44. The predicted molar refractivity (Wildman–Crippen MR) is 32.2 cm³/mol. The van der Waals surface area contributed by atoms with Crippen molar-refractivity contribution in [3.63, 3.8) is 0 Å². The van der Waals surface area contributed by atoms with E-state index < -0.39 is 10.2 Å². The van der Waals surface area contributed by atoms with Crippen LogP contribution in [0.25, 0.3) is 0 Å². The van der Waals surface area contributed by atoms with Crippen molar-refractivity contribution in [2.75, 3.05) is 0 Å². The Morgan fingerprint density at radius 3 is 2.00 bits per heavy atom. The Kier molecular flexibility index (Phi) is 9.77. The summed E-state index contributed by atoms with van der Waals surface area (Å²) in [6.45, 7) is 0. The minimum Gasteiger partial charge on any atom is -0.260 e. The molecule has 0 rings (SSSR count). The lowest BCUT2D eigenvalue weighted by atomic mass is 10.7. The number of thiocarbonyl (C=S) groups is 1. The SMILES string of the molecule is [NH2+]=CC=CN=C=S.[O-][Cl+3]([O-])([O-])[O-]. The number of hydrogen-bond donors (Lipinski definition) is 1. The maximum absolute atomic E-state index is 8.49. The highest BCUT2D eigenvalue weighted by molar-refractivity contribution is 7.78. The number of rotatable bonds is 2. The Morgan fingerprint density at radius 2 is 1.75 bits per heavy atom. The molecule has 68 valence electrons. The monoisotopic (exact) mass is 212 g/mol.